The molecule has 1 aliphatic rings. The first-order valence-electron chi connectivity index (χ1n) is 6.38. The number of nitrogens with zero attached hydrogens (tertiary/aromatic N) is 2. The topological polar surface area (TPSA) is 86.4 Å². The quantitative estimate of drug-likeness (QED) is 0.661. The molecule has 0 unspecified atom stereocenters. The van der Waals surface area contributed by atoms with Crippen LogP contribution in [0.1, 0.15) is 5.56 Å². The molecule has 1 aromatic carbocycles. The number of hydrogen-bond donors (Lipinski definition) is 1. The highest BCUT2D eigenvalue weighted by molar-refractivity contribution is 5.87. The van der Waals surface area contributed by atoms with E-state index in [4.69, 9.17) is 4.74 Å². The van der Waals surface area contributed by atoms with Crippen LogP contribution < -0.4 is 15.6 Å². The number of aryl methyl sites for hydroxylation is 1. The highest BCUT2D eigenvalue weighted by Crippen LogP contribution is 2.33. The van der Waals surface area contributed by atoms with Crippen molar-refractivity contribution in [1.29, 1.82) is 0 Å². The van der Waals surface area contributed by atoms with E-state index < -0.39 is 4.92 Å². The average molecular weight is 287 g/mol. The van der Waals surface area contributed by atoms with E-state index in [1.807, 2.05) is 24.3 Å². The SMILES string of the molecule is CNC1=C([N+](=O)[O-])Cc2c(c3ccccc3n(C)c2=O)O1. The van der Waals surface area contributed by atoms with Crippen molar-refractivity contribution in [2.45, 2.75) is 6.42 Å². The number of nitro groups is 1. The number of nitrogens with one attached hydrogen (secondary N) is 1. The van der Waals surface area contributed by atoms with E-state index in [0.29, 0.717) is 11.3 Å². The maximum absolute atomic E-state index is 12.4. The number of allylic oxidation sites excluding steroid dienone is 1. The Labute approximate surface area is 119 Å². The van der Waals surface area contributed by atoms with Gasteiger partial charge in [-0.05, 0) is 12.1 Å². The van der Waals surface area contributed by atoms with Crippen molar-refractivity contribution in [2.24, 2.45) is 7.05 Å². The van der Waals surface area contributed by atoms with Crippen molar-refractivity contribution in [3.8, 4) is 5.75 Å². The fraction of sp³-hybridized carbons (Fsp3) is 0.214. The molecule has 21 heavy (non-hydrogen) atoms. The summed E-state index contributed by atoms with van der Waals surface area (Å²) in [4.78, 5) is 23.0. The summed E-state index contributed by atoms with van der Waals surface area (Å²) in [5.74, 6) is 0.467. The molecule has 7 nitrogen and oxygen atoms in total. The number of rotatable bonds is 2. The Bertz CT molecular complexity index is 851. The van der Waals surface area contributed by atoms with Gasteiger partial charge < -0.3 is 14.6 Å². The number of hydrogen-bond acceptors (Lipinski definition) is 5. The Morgan fingerprint density at radius 3 is 2.76 bits per heavy atom. The van der Waals surface area contributed by atoms with Crippen LogP contribution in [-0.2, 0) is 13.5 Å². The van der Waals surface area contributed by atoms with Crippen LogP contribution in [0, 0.1) is 10.1 Å². The van der Waals surface area contributed by atoms with E-state index in [-0.39, 0.29) is 23.6 Å². The van der Waals surface area contributed by atoms with Gasteiger partial charge in [0.15, 0.2) is 0 Å². The molecule has 2 heterocycles. The minimum Gasteiger partial charge on any atom is -0.434 e. The zero-order valence-corrected chi connectivity index (χ0v) is 11.5. The summed E-state index contributed by atoms with van der Waals surface area (Å²) in [6.45, 7) is 0. The zero-order chi connectivity index (χ0) is 15.1. The second kappa shape index (κ2) is 4.62. The molecular formula is C14H13N3O4. The monoisotopic (exact) mass is 287 g/mol. The van der Waals surface area contributed by atoms with E-state index in [9.17, 15) is 14.9 Å². The Morgan fingerprint density at radius 2 is 2.10 bits per heavy atom. The fourth-order valence-electron chi connectivity index (χ4n) is 2.55. The molecule has 1 aliphatic heterocycles. The van der Waals surface area contributed by atoms with Gasteiger partial charge in [-0.25, -0.2) is 0 Å². The fourth-order valence-corrected chi connectivity index (χ4v) is 2.55. The molecule has 1 N–H and O–H groups in total. The highest BCUT2D eigenvalue weighted by Gasteiger charge is 2.31. The summed E-state index contributed by atoms with van der Waals surface area (Å²) in [5.41, 5.74) is 0.610. The number of para-hydroxylation sites is 1. The molecule has 3 rings (SSSR count). The predicted molar refractivity (Wildman–Crippen MR) is 76.6 cm³/mol. The predicted octanol–water partition coefficient (Wildman–Crippen LogP) is 1.14. The molecule has 0 aliphatic carbocycles. The first-order chi connectivity index (χ1) is 10.0. The van der Waals surface area contributed by atoms with Crippen LogP contribution in [0.4, 0.5) is 0 Å². The summed E-state index contributed by atoms with van der Waals surface area (Å²) >= 11 is 0. The number of fused-ring (bicyclic) bond motifs is 3. The Morgan fingerprint density at radius 1 is 1.38 bits per heavy atom. The molecule has 0 fully saturated rings. The van der Waals surface area contributed by atoms with Gasteiger partial charge in [0, 0.05) is 19.5 Å². The molecule has 0 saturated carbocycles. The first kappa shape index (κ1) is 13.2. The van der Waals surface area contributed by atoms with Gasteiger partial charge in [-0.1, -0.05) is 12.1 Å². The molecule has 0 bridgehead atoms. The van der Waals surface area contributed by atoms with Crippen LogP contribution in [0.25, 0.3) is 10.9 Å². The van der Waals surface area contributed by atoms with E-state index in [2.05, 4.69) is 5.32 Å². The summed E-state index contributed by atoms with van der Waals surface area (Å²) < 4.78 is 7.10. The maximum Gasteiger partial charge on any atom is 0.310 e. The summed E-state index contributed by atoms with van der Waals surface area (Å²) in [6, 6.07) is 7.31. The van der Waals surface area contributed by atoms with Gasteiger partial charge in [-0.3, -0.25) is 14.9 Å². The molecule has 7 heteroatoms. The lowest BCUT2D eigenvalue weighted by Crippen LogP contribution is -2.30. The molecule has 0 amide bonds. The Hall–Kier alpha value is -2.83. The molecule has 0 radical (unpaired) electrons. The van der Waals surface area contributed by atoms with E-state index >= 15 is 0 Å². The van der Waals surface area contributed by atoms with Crippen molar-refractivity contribution in [3.05, 3.63) is 61.9 Å². The van der Waals surface area contributed by atoms with Crippen molar-refractivity contribution < 1.29 is 9.66 Å². The second-order valence-corrected chi connectivity index (χ2v) is 4.75. The van der Waals surface area contributed by atoms with Gasteiger partial charge in [0.1, 0.15) is 5.75 Å². The van der Waals surface area contributed by atoms with E-state index in [1.165, 1.54) is 4.57 Å². The molecule has 0 saturated heterocycles. The minimum absolute atomic E-state index is 0.0595. The van der Waals surface area contributed by atoms with Gasteiger partial charge in [0.05, 0.1) is 22.4 Å². The van der Waals surface area contributed by atoms with Crippen LogP contribution in [-0.4, -0.2) is 16.5 Å². The lowest BCUT2D eigenvalue weighted by atomic mass is 10.0. The number of pyridine rings is 1. The highest BCUT2D eigenvalue weighted by atomic mass is 16.6. The third kappa shape index (κ3) is 1.85. The molecule has 108 valence electrons. The summed E-state index contributed by atoms with van der Waals surface area (Å²) in [5, 5.41) is 14.5. The Balaban J connectivity index is 2.34. The Kier molecular flexibility index (Phi) is 2.90. The molecule has 0 spiro atoms. The molecule has 2 aromatic rings. The lowest BCUT2D eigenvalue weighted by molar-refractivity contribution is -0.430. The first-order valence-corrected chi connectivity index (χ1v) is 6.38. The van der Waals surface area contributed by atoms with Crippen molar-refractivity contribution in [1.82, 2.24) is 9.88 Å². The molecule has 1 aromatic heterocycles. The third-order valence-corrected chi connectivity index (χ3v) is 3.60. The maximum atomic E-state index is 12.4. The van der Waals surface area contributed by atoms with Gasteiger partial charge in [-0.15, -0.1) is 0 Å². The van der Waals surface area contributed by atoms with E-state index in [1.54, 1.807) is 14.1 Å². The van der Waals surface area contributed by atoms with Crippen LogP contribution in [0.5, 0.6) is 5.75 Å². The number of benzene rings is 1. The van der Waals surface area contributed by atoms with Crippen molar-refractivity contribution in [2.75, 3.05) is 7.05 Å². The lowest BCUT2D eigenvalue weighted by Gasteiger charge is -2.20. The largest absolute Gasteiger partial charge is 0.434 e. The minimum atomic E-state index is -0.524. The second-order valence-electron chi connectivity index (χ2n) is 4.75. The summed E-state index contributed by atoms with van der Waals surface area (Å²) in [7, 11) is 3.20. The van der Waals surface area contributed by atoms with Gasteiger partial charge in [-0.2, -0.15) is 0 Å². The molecule has 0 atom stereocenters. The number of aromatic nitrogens is 1. The van der Waals surface area contributed by atoms with Crippen LogP contribution in [0.2, 0.25) is 0 Å². The van der Waals surface area contributed by atoms with Gasteiger partial charge in [0.25, 0.3) is 11.4 Å². The van der Waals surface area contributed by atoms with Crippen molar-refractivity contribution >= 4 is 10.9 Å². The third-order valence-electron chi connectivity index (χ3n) is 3.60. The smallest absolute Gasteiger partial charge is 0.310 e. The van der Waals surface area contributed by atoms with Crippen LogP contribution in [0.15, 0.2) is 40.6 Å². The standard InChI is InChI=1S/C14H13N3O4/c1-15-13-11(17(19)20)7-9-12(21-13)8-5-3-4-6-10(8)16(2)14(9)18/h3-6,15H,7H2,1-2H3. The average Bonchev–Trinajstić information content (AvgIpc) is 2.51. The van der Waals surface area contributed by atoms with Crippen LogP contribution in [0.3, 0.4) is 0 Å². The summed E-state index contributed by atoms with van der Waals surface area (Å²) in [6.07, 6.45) is -0.0595. The van der Waals surface area contributed by atoms with Gasteiger partial charge in [0.2, 0.25) is 0 Å². The number of ether oxygens (including phenoxy) is 1. The normalized spacial score (nSPS) is 13.8. The van der Waals surface area contributed by atoms with Gasteiger partial charge >= 0.3 is 5.70 Å². The zero-order valence-electron chi connectivity index (χ0n) is 11.5. The van der Waals surface area contributed by atoms with Crippen LogP contribution >= 0.6 is 0 Å². The van der Waals surface area contributed by atoms with Crippen molar-refractivity contribution in [3.63, 3.8) is 0 Å². The van der Waals surface area contributed by atoms with E-state index in [0.717, 1.165) is 10.9 Å². The molecular weight excluding hydrogens is 274 g/mol.